The van der Waals surface area contributed by atoms with Crippen LogP contribution in [0.3, 0.4) is 0 Å². The van der Waals surface area contributed by atoms with Gasteiger partial charge >= 0.3 is 5.97 Å². The lowest BCUT2D eigenvalue weighted by Crippen LogP contribution is -2.33. The van der Waals surface area contributed by atoms with Crippen molar-refractivity contribution in [2.24, 2.45) is 0 Å². The number of aryl methyl sites for hydroxylation is 2. The lowest BCUT2D eigenvalue weighted by atomic mass is 10.0. The van der Waals surface area contributed by atoms with Crippen molar-refractivity contribution in [2.75, 3.05) is 20.3 Å². The maximum Gasteiger partial charge on any atom is 0.341 e. The maximum absolute atomic E-state index is 12.4. The molecule has 1 amide bonds. The van der Waals surface area contributed by atoms with Gasteiger partial charge < -0.3 is 24.6 Å². The van der Waals surface area contributed by atoms with Gasteiger partial charge in [0.25, 0.3) is 5.91 Å². The second kappa shape index (κ2) is 9.64. The number of nitrogens with one attached hydrogen (secondary N) is 1. The number of hydrogen-bond acceptors (Lipinski definition) is 5. The van der Waals surface area contributed by atoms with Crippen molar-refractivity contribution in [3.63, 3.8) is 0 Å². The molecule has 7 heteroatoms. The summed E-state index contributed by atoms with van der Waals surface area (Å²) < 4.78 is 16.2. The zero-order valence-corrected chi connectivity index (χ0v) is 16.4. The molecule has 1 atom stereocenters. The number of aliphatic carboxylic acids is 1. The number of benzene rings is 2. The van der Waals surface area contributed by atoms with Gasteiger partial charge in [0.05, 0.1) is 13.7 Å². The van der Waals surface area contributed by atoms with E-state index in [9.17, 15) is 9.59 Å². The SMILES string of the molecule is COc1ccc(OC(C)CNC(=O)c2cc(C)c(OCC(=O)O)c(C)c2)cc1. The molecule has 150 valence electrons. The zero-order chi connectivity index (χ0) is 20.7. The molecule has 1 unspecified atom stereocenters. The third-order valence-electron chi connectivity index (χ3n) is 4.01. The fraction of sp³-hybridized carbons (Fsp3) is 0.333. The Bertz CT molecular complexity index is 808. The van der Waals surface area contributed by atoms with Gasteiger partial charge in [-0.2, -0.15) is 0 Å². The third kappa shape index (κ3) is 5.90. The van der Waals surface area contributed by atoms with Crippen LogP contribution in [0, 0.1) is 13.8 Å². The Hall–Kier alpha value is -3.22. The van der Waals surface area contributed by atoms with E-state index in [1.54, 1.807) is 57.4 Å². The van der Waals surface area contributed by atoms with Gasteiger partial charge in [0.15, 0.2) is 6.61 Å². The Morgan fingerprint density at radius 3 is 2.18 bits per heavy atom. The summed E-state index contributed by atoms with van der Waals surface area (Å²) >= 11 is 0. The Balaban J connectivity index is 1.93. The number of hydrogen-bond donors (Lipinski definition) is 2. The topological polar surface area (TPSA) is 94.1 Å². The summed E-state index contributed by atoms with van der Waals surface area (Å²) in [6.45, 7) is 5.32. The molecule has 2 aromatic carbocycles. The second-order valence-electron chi connectivity index (χ2n) is 6.44. The quantitative estimate of drug-likeness (QED) is 0.687. The highest BCUT2D eigenvalue weighted by atomic mass is 16.5. The van der Waals surface area contributed by atoms with Crippen LogP contribution in [0.2, 0.25) is 0 Å². The van der Waals surface area contributed by atoms with Crippen molar-refractivity contribution in [3.05, 3.63) is 53.1 Å². The average molecular weight is 387 g/mol. The van der Waals surface area contributed by atoms with Crippen molar-refractivity contribution >= 4 is 11.9 Å². The molecule has 0 radical (unpaired) electrons. The summed E-state index contributed by atoms with van der Waals surface area (Å²) in [5.74, 6) is 0.631. The maximum atomic E-state index is 12.4. The first kappa shape index (κ1) is 21.1. The van der Waals surface area contributed by atoms with Gasteiger partial charge in [-0.15, -0.1) is 0 Å². The number of ether oxygens (including phenoxy) is 3. The van der Waals surface area contributed by atoms with E-state index in [0.29, 0.717) is 34.7 Å². The number of carbonyl (C=O) groups excluding carboxylic acids is 1. The molecule has 0 aliphatic carbocycles. The summed E-state index contributed by atoms with van der Waals surface area (Å²) in [5, 5.41) is 11.6. The first-order chi connectivity index (χ1) is 13.3. The van der Waals surface area contributed by atoms with Crippen molar-refractivity contribution in [1.82, 2.24) is 5.32 Å². The molecule has 2 N–H and O–H groups in total. The molecule has 0 aliphatic heterocycles. The van der Waals surface area contributed by atoms with E-state index in [4.69, 9.17) is 19.3 Å². The molecule has 0 aliphatic rings. The minimum absolute atomic E-state index is 0.224. The average Bonchev–Trinajstić information content (AvgIpc) is 2.65. The van der Waals surface area contributed by atoms with Crippen LogP contribution in [-0.2, 0) is 4.79 Å². The number of rotatable bonds is 9. The fourth-order valence-corrected chi connectivity index (χ4v) is 2.71. The summed E-state index contributed by atoms with van der Waals surface area (Å²) in [4.78, 5) is 23.1. The van der Waals surface area contributed by atoms with Crippen molar-refractivity contribution in [2.45, 2.75) is 26.9 Å². The molecule has 7 nitrogen and oxygen atoms in total. The van der Waals surface area contributed by atoms with Crippen LogP contribution in [0.5, 0.6) is 17.2 Å². The summed E-state index contributed by atoms with van der Waals surface area (Å²) in [5.41, 5.74) is 1.89. The van der Waals surface area contributed by atoms with Gasteiger partial charge in [0, 0.05) is 5.56 Å². The van der Waals surface area contributed by atoms with Gasteiger partial charge in [-0.25, -0.2) is 4.79 Å². The van der Waals surface area contributed by atoms with E-state index in [-0.39, 0.29) is 12.0 Å². The second-order valence-corrected chi connectivity index (χ2v) is 6.44. The Morgan fingerprint density at radius 2 is 1.64 bits per heavy atom. The highest BCUT2D eigenvalue weighted by Gasteiger charge is 2.14. The number of carboxylic acid groups (broad SMARTS) is 1. The normalized spacial score (nSPS) is 11.4. The van der Waals surface area contributed by atoms with E-state index < -0.39 is 12.6 Å². The lowest BCUT2D eigenvalue weighted by Gasteiger charge is -2.17. The van der Waals surface area contributed by atoms with Crippen molar-refractivity contribution < 1.29 is 28.9 Å². The minimum atomic E-state index is -1.05. The molecule has 0 fully saturated rings. The van der Waals surface area contributed by atoms with Gasteiger partial charge in [0.2, 0.25) is 0 Å². The molecule has 2 rings (SSSR count). The molecule has 0 heterocycles. The van der Waals surface area contributed by atoms with Crippen LogP contribution in [0.1, 0.15) is 28.4 Å². The van der Waals surface area contributed by atoms with Crippen LogP contribution in [0.15, 0.2) is 36.4 Å². The first-order valence-electron chi connectivity index (χ1n) is 8.85. The van der Waals surface area contributed by atoms with Crippen LogP contribution in [-0.4, -0.2) is 43.3 Å². The van der Waals surface area contributed by atoms with Crippen LogP contribution >= 0.6 is 0 Å². The largest absolute Gasteiger partial charge is 0.497 e. The molecule has 0 bridgehead atoms. The van der Waals surface area contributed by atoms with E-state index in [1.165, 1.54) is 0 Å². The molecular formula is C21H25NO6. The van der Waals surface area contributed by atoms with Crippen LogP contribution in [0.4, 0.5) is 0 Å². The summed E-state index contributed by atoms with van der Waals surface area (Å²) in [6, 6.07) is 10.6. The third-order valence-corrected chi connectivity index (χ3v) is 4.01. The van der Waals surface area contributed by atoms with Gasteiger partial charge in [-0.05, 0) is 68.3 Å². The van der Waals surface area contributed by atoms with Crippen LogP contribution in [0.25, 0.3) is 0 Å². The van der Waals surface area contributed by atoms with Gasteiger partial charge in [-0.3, -0.25) is 4.79 Å². The molecule has 0 saturated carbocycles. The highest BCUT2D eigenvalue weighted by molar-refractivity contribution is 5.95. The first-order valence-corrected chi connectivity index (χ1v) is 8.85. The van der Waals surface area contributed by atoms with Crippen molar-refractivity contribution in [3.8, 4) is 17.2 Å². The Morgan fingerprint density at radius 1 is 1.07 bits per heavy atom. The molecule has 28 heavy (non-hydrogen) atoms. The molecular weight excluding hydrogens is 362 g/mol. The standard InChI is InChI=1S/C21H25NO6/c1-13-9-16(10-14(2)20(13)27-12-19(23)24)21(25)22-11-15(3)28-18-7-5-17(26-4)6-8-18/h5-10,15H,11-12H2,1-4H3,(H,22,25)(H,23,24). The summed E-state index contributed by atoms with van der Waals surface area (Å²) in [7, 11) is 1.60. The number of methoxy groups -OCH3 is 1. The Kier molecular flexibility index (Phi) is 7.26. The van der Waals surface area contributed by atoms with E-state index >= 15 is 0 Å². The van der Waals surface area contributed by atoms with E-state index in [1.807, 2.05) is 6.92 Å². The molecule has 0 spiro atoms. The summed E-state index contributed by atoms with van der Waals surface area (Å²) in [6.07, 6.45) is -0.224. The molecule has 0 saturated heterocycles. The molecule has 0 aromatic heterocycles. The van der Waals surface area contributed by atoms with Gasteiger partial charge in [0.1, 0.15) is 23.4 Å². The van der Waals surface area contributed by atoms with Crippen molar-refractivity contribution in [1.29, 1.82) is 0 Å². The number of carbonyl (C=O) groups is 2. The minimum Gasteiger partial charge on any atom is -0.497 e. The predicted octanol–water partition coefficient (Wildman–Crippen LogP) is 2.97. The monoisotopic (exact) mass is 387 g/mol. The predicted molar refractivity (Wildman–Crippen MR) is 104 cm³/mol. The number of amides is 1. The van der Waals surface area contributed by atoms with E-state index in [0.717, 1.165) is 5.75 Å². The lowest BCUT2D eigenvalue weighted by molar-refractivity contribution is -0.139. The van der Waals surface area contributed by atoms with E-state index in [2.05, 4.69) is 5.32 Å². The molecule has 2 aromatic rings. The number of carboxylic acids is 1. The van der Waals surface area contributed by atoms with Crippen LogP contribution < -0.4 is 19.5 Å². The smallest absolute Gasteiger partial charge is 0.341 e. The zero-order valence-electron chi connectivity index (χ0n) is 16.4. The highest BCUT2D eigenvalue weighted by Crippen LogP contribution is 2.25. The van der Waals surface area contributed by atoms with Gasteiger partial charge in [-0.1, -0.05) is 0 Å². The Labute approximate surface area is 164 Å². The fourth-order valence-electron chi connectivity index (χ4n) is 2.71.